The smallest absolute Gasteiger partial charge is 0.404 e. The lowest BCUT2D eigenvalue weighted by molar-refractivity contribution is -0.165. The zero-order valence-electron chi connectivity index (χ0n) is 12.2. The fraction of sp³-hybridized carbons (Fsp3) is 0.727. The first-order chi connectivity index (χ1) is 10.0. The van der Waals surface area contributed by atoms with Crippen molar-refractivity contribution >= 4 is 17.8 Å². The van der Waals surface area contributed by atoms with Crippen LogP contribution in [0.1, 0.15) is 20.3 Å². The second-order valence-electron chi connectivity index (χ2n) is 4.48. The molecule has 0 bridgehead atoms. The predicted molar refractivity (Wildman–Crippen MR) is 66.6 cm³/mol. The molecule has 0 radical (unpaired) electrons. The van der Waals surface area contributed by atoms with E-state index in [1.165, 1.54) is 12.4 Å². The molecule has 0 saturated carbocycles. The lowest BCUT2D eigenvalue weighted by Gasteiger charge is -2.24. The van der Waals surface area contributed by atoms with E-state index in [0.29, 0.717) is 0 Å². The number of amides is 2. The van der Waals surface area contributed by atoms with Crippen LogP contribution in [-0.4, -0.2) is 54.4 Å². The van der Waals surface area contributed by atoms with E-state index in [9.17, 15) is 27.6 Å². The van der Waals surface area contributed by atoms with E-state index in [2.05, 4.69) is 4.74 Å². The molecule has 0 fully saturated rings. The van der Waals surface area contributed by atoms with Gasteiger partial charge in [-0.15, -0.1) is 0 Å². The van der Waals surface area contributed by atoms with Crippen LogP contribution >= 0.6 is 0 Å². The van der Waals surface area contributed by atoms with Crippen molar-refractivity contribution in [1.29, 1.82) is 0 Å². The van der Waals surface area contributed by atoms with Crippen molar-refractivity contribution < 1.29 is 37.5 Å². The maximum Gasteiger partial charge on any atom is 0.404 e. The van der Waals surface area contributed by atoms with Gasteiger partial charge in [0.05, 0.1) is 19.6 Å². The maximum absolute atomic E-state index is 12.8. The number of rotatable bonds is 7. The molecular weight excluding hydrogens is 311 g/mol. The van der Waals surface area contributed by atoms with Crippen LogP contribution in [0.15, 0.2) is 0 Å². The zero-order chi connectivity index (χ0) is 17.5. The summed E-state index contributed by atoms with van der Waals surface area (Å²) in [6.07, 6.45) is -5.86. The normalized spacial score (nSPS) is 15.4. The number of ether oxygens (including phenoxy) is 1. The van der Waals surface area contributed by atoms with Crippen molar-refractivity contribution in [1.82, 2.24) is 16.1 Å². The lowest BCUT2D eigenvalue weighted by atomic mass is 10.1. The molecule has 0 aromatic carbocycles. The number of esters is 1. The Morgan fingerprint density at radius 2 is 1.73 bits per heavy atom. The third kappa shape index (κ3) is 6.72. The zero-order valence-corrected chi connectivity index (χ0v) is 12.2. The average Bonchev–Trinajstić information content (AvgIpc) is 2.43. The van der Waals surface area contributed by atoms with Crippen LogP contribution in [0, 0.1) is 0 Å². The second kappa shape index (κ2) is 8.54. The molecule has 0 rings (SSSR count). The summed E-state index contributed by atoms with van der Waals surface area (Å²) in [7, 11) is 1.07. The molecule has 0 heterocycles. The third-order valence-corrected chi connectivity index (χ3v) is 2.67. The first kappa shape index (κ1) is 20.1. The fourth-order valence-corrected chi connectivity index (χ4v) is 1.46. The average molecular weight is 329 g/mol. The molecule has 0 aliphatic carbocycles. The molecular formula is C11H18F3N3O5. The molecule has 11 heteroatoms. The Hall–Kier alpha value is -1.88. The van der Waals surface area contributed by atoms with Crippen molar-refractivity contribution in [3.8, 4) is 0 Å². The van der Waals surface area contributed by atoms with E-state index in [1.54, 1.807) is 0 Å². The minimum atomic E-state index is -4.81. The van der Waals surface area contributed by atoms with Crippen LogP contribution in [-0.2, 0) is 19.1 Å². The Morgan fingerprint density at radius 1 is 1.18 bits per heavy atom. The Labute approximate surface area is 124 Å². The molecule has 0 aliphatic rings. The van der Waals surface area contributed by atoms with E-state index in [-0.39, 0.29) is 0 Å². The number of hydrogen-bond donors (Lipinski definition) is 4. The van der Waals surface area contributed by atoms with Gasteiger partial charge in [-0.3, -0.25) is 20.1 Å². The van der Waals surface area contributed by atoms with E-state index in [1.807, 2.05) is 10.6 Å². The van der Waals surface area contributed by atoms with E-state index < -0.39 is 48.5 Å². The molecule has 0 aliphatic heterocycles. The van der Waals surface area contributed by atoms with Crippen LogP contribution in [0.4, 0.5) is 13.2 Å². The molecule has 8 nitrogen and oxygen atoms in total. The van der Waals surface area contributed by atoms with Crippen molar-refractivity contribution in [2.75, 3.05) is 7.11 Å². The van der Waals surface area contributed by atoms with Gasteiger partial charge in [0.1, 0.15) is 12.1 Å². The largest absolute Gasteiger partial charge is 0.467 e. The highest BCUT2D eigenvalue weighted by Crippen LogP contribution is 2.23. The minimum absolute atomic E-state index is 0.808. The van der Waals surface area contributed by atoms with Crippen LogP contribution in [0.5, 0.6) is 0 Å². The topological polar surface area (TPSA) is 117 Å². The molecule has 0 spiro atoms. The Morgan fingerprint density at radius 3 is 2.14 bits per heavy atom. The molecule has 0 aromatic rings. The molecule has 2 amide bonds. The fourth-order valence-electron chi connectivity index (χ4n) is 1.46. The van der Waals surface area contributed by atoms with Gasteiger partial charge in [-0.25, -0.2) is 10.3 Å². The van der Waals surface area contributed by atoms with Crippen molar-refractivity contribution in [3.05, 3.63) is 0 Å². The number of methoxy groups -OCH3 is 1. The number of carbonyl (C=O) groups is 3. The van der Waals surface area contributed by atoms with Crippen molar-refractivity contribution in [2.24, 2.45) is 0 Å². The van der Waals surface area contributed by atoms with Gasteiger partial charge in [-0.2, -0.15) is 13.2 Å². The SMILES string of the molecule is COC(=O)[C@@H](C)NC(=O)C[C@@H](N[C@@H](C)C(=O)NO)C(F)(F)F. The monoisotopic (exact) mass is 329 g/mol. The maximum atomic E-state index is 12.8. The number of carbonyl (C=O) groups excluding carboxylic acids is 3. The van der Waals surface area contributed by atoms with Crippen LogP contribution in [0.3, 0.4) is 0 Å². The number of nitrogens with one attached hydrogen (secondary N) is 3. The van der Waals surface area contributed by atoms with Crippen LogP contribution < -0.4 is 16.1 Å². The summed E-state index contributed by atoms with van der Waals surface area (Å²) in [5, 5.41) is 12.3. The standard InChI is InChI=1S/C11H18F3N3O5/c1-5(9(19)17-21)15-7(11(12,13)14)4-8(18)16-6(2)10(20)22-3/h5-7,15,21H,4H2,1-3H3,(H,16,18)(H,17,19)/t5-,6+,7+/m0/s1. The first-order valence-electron chi connectivity index (χ1n) is 6.16. The van der Waals surface area contributed by atoms with E-state index in [0.717, 1.165) is 14.0 Å². The lowest BCUT2D eigenvalue weighted by Crippen LogP contribution is -2.53. The van der Waals surface area contributed by atoms with Crippen LogP contribution in [0.2, 0.25) is 0 Å². The molecule has 4 N–H and O–H groups in total. The summed E-state index contributed by atoms with van der Waals surface area (Å²) in [6, 6.07) is -4.82. The van der Waals surface area contributed by atoms with Gasteiger partial charge in [0.2, 0.25) is 5.91 Å². The van der Waals surface area contributed by atoms with Crippen molar-refractivity contribution in [2.45, 2.75) is 44.6 Å². The Bertz CT molecular complexity index is 416. The van der Waals surface area contributed by atoms with Gasteiger partial charge in [0.25, 0.3) is 5.91 Å². The van der Waals surface area contributed by atoms with Gasteiger partial charge >= 0.3 is 12.1 Å². The number of hydroxylamine groups is 1. The summed E-state index contributed by atoms with van der Waals surface area (Å²) in [6.45, 7) is 2.33. The summed E-state index contributed by atoms with van der Waals surface area (Å²) in [4.78, 5) is 33.6. The Kier molecular flexibility index (Phi) is 7.81. The minimum Gasteiger partial charge on any atom is -0.467 e. The van der Waals surface area contributed by atoms with Gasteiger partial charge in [-0.05, 0) is 13.8 Å². The quantitative estimate of drug-likeness (QED) is 0.283. The summed E-state index contributed by atoms with van der Waals surface area (Å²) in [5.41, 5.74) is 1.20. The second-order valence-corrected chi connectivity index (χ2v) is 4.48. The molecule has 0 unspecified atom stereocenters. The highest BCUT2D eigenvalue weighted by molar-refractivity contribution is 5.84. The summed E-state index contributed by atoms with van der Waals surface area (Å²) < 4.78 is 42.8. The van der Waals surface area contributed by atoms with Crippen molar-refractivity contribution in [3.63, 3.8) is 0 Å². The van der Waals surface area contributed by atoms with Gasteiger partial charge < -0.3 is 10.1 Å². The summed E-state index contributed by atoms with van der Waals surface area (Å²) >= 11 is 0. The van der Waals surface area contributed by atoms with E-state index in [4.69, 9.17) is 5.21 Å². The molecule has 22 heavy (non-hydrogen) atoms. The number of halogens is 3. The van der Waals surface area contributed by atoms with Gasteiger partial charge in [0.15, 0.2) is 0 Å². The molecule has 128 valence electrons. The van der Waals surface area contributed by atoms with Gasteiger partial charge in [0, 0.05) is 0 Å². The Balaban J connectivity index is 4.77. The highest BCUT2D eigenvalue weighted by Gasteiger charge is 2.42. The number of alkyl halides is 3. The van der Waals surface area contributed by atoms with Crippen LogP contribution in [0.25, 0.3) is 0 Å². The summed E-state index contributed by atoms with van der Waals surface area (Å²) in [5.74, 6) is -2.94. The molecule has 0 aromatic heterocycles. The first-order valence-corrected chi connectivity index (χ1v) is 6.16. The predicted octanol–water partition coefficient (Wildman–Crippen LogP) is -0.531. The number of hydrogen-bond acceptors (Lipinski definition) is 6. The third-order valence-electron chi connectivity index (χ3n) is 2.67. The molecule has 3 atom stereocenters. The highest BCUT2D eigenvalue weighted by atomic mass is 19.4. The van der Waals surface area contributed by atoms with E-state index >= 15 is 0 Å². The molecule has 0 saturated heterocycles. The van der Waals surface area contributed by atoms with Gasteiger partial charge in [-0.1, -0.05) is 0 Å².